The fraction of sp³-hybridized carbons (Fsp3) is 0. The lowest BCUT2D eigenvalue weighted by atomic mass is 10.1. The highest BCUT2D eigenvalue weighted by atomic mass is 127. The summed E-state index contributed by atoms with van der Waals surface area (Å²) in [5.41, 5.74) is 0.117. The fourth-order valence-electron chi connectivity index (χ4n) is 1.51. The molecule has 1 amide bonds. The van der Waals surface area contributed by atoms with Crippen LogP contribution >= 0.6 is 34.2 Å². The van der Waals surface area contributed by atoms with Gasteiger partial charge in [0.1, 0.15) is 17.1 Å². The second kappa shape index (κ2) is 5.75. The van der Waals surface area contributed by atoms with Gasteiger partial charge in [0.2, 0.25) is 0 Å². The van der Waals surface area contributed by atoms with Crippen LogP contribution in [0.15, 0.2) is 36.4 Å². The van der Waals surface area contributed by atoms with E-state index in [0.29, 0.717) is 14.3 Å². The molecule has 0 radical (unpaired) electrons. The van der Waals surface area contributed by atoms with Gasteiger partial charge in [-0.1, -0.05) is 17.7 Å². The molecule has 2 aromatic rings. The Morgan fingerprint density at radius 1 is 1.32 bits per heavy atom. The molecule has 2 rings (SSSR count). The van der Waals surface area contributed by atoms with E-state index in [4.69, 9.17) is 11.6 Å². The first-order chi connectivity index (χ1) is 8.99. The minimum Gasteiger partial charge on any atom is -0.507 e. The summed E-state index contributed by atoms with van der Waals surface area (Å²) in [5.74, 6) is -1.89. The predicted molar refractivity (Wildman–Crippen MR) is 80.2 cm³/mol. The van der Waals surface area contributed by atoms with Crippen molar-refractivity contribution in [2.24, 2.45) is 0 Å². The molecule has 0 saturated carbocycles. The number of halogens is 3. The maximum Gasteiger partial charge on any atom is 0.262 e. The number of rotatable bonds is 2. The molecule has 0 bridgehead atoms. The Bertz CT molecular complexity index is 628. The van der Waals surface area contributed by atoms with Gasteiger partial charge in [-0.05, 0) is 52.9 Å². The third-order valence-electron chi connectivity index (χ3n) is 2.40. The highest BCUT2D eigenvalue weighted by molar-refractivity contribution is 14.1. The largest absolute Gasteiger partial charge is 0.507 e. The van der Waals surface area contributed by atoms with Crippen molar-refractivity contribution in [1.82, 2.24) is 0 Å². The van der Waals surface area contributed by atoms with E-state index in [2.05, 4.69) is 5.32 Å². The number of phenolic OH excluding ortho intramolecular Hbond substituents is 1. The summed E-state index contributed by atoms with van der Waals surface area (Å²) in [6.07, 6.45) is 0. The van der Waals surface area contributed by atoms with Crippen LogP contribution < -0.4 is 5.32 Å². The molecule has 6 heteroatoms. The summed E-state index contributed by atoms with van der Waals surface area (Å²) in [5, 5.41) is 12.6. The van der Waals surface area contributed by atoms with Gasteiger partial charge < -0.3 is 10.4 Å². The molecule has 0 spiro atoms. The summed E-state index contributed by atoms with van der Waals surface area (Å²) in [4.78, 5) is 11.9. The van der Waals surface area contributed by atoms with Crippen LogP contribution in [0.1, 0.15) is 10.4 Å². The van der Waals surface area contributed by atoms with Crippen LogP contribution in [0.3, 0.4) is 0 Å². The zero-order valence-electron chi connectivity index (χ0n) is 9.45. The van der Waals surface area contributed by atoms with Crippen molar-refractivity contribution in [3.8, 4) is 5.75 Å². The monoisotopic (exact) mass is 391 g/mol. The maximum absolute atomic E-state index is 13.5. The molecule has 0 unspecified atom stereocenters. The molecule has 0 aliphatic heterocycles. The van der Waals surface area contributed by atoms with Crippen molar-refractivity contribution in [1.29, 1.82) is 0 Å². The van der Waals surface area contributed by atoms with Crippen molar-refractivity contribution >= 4 is 45.8 Å². The van der Waals surface area contributed by atoms with Gasteiger partial charge in [-0.2, -0.15) is 0 Å². The molecule has 0 fully saturated rings. The highest BCUT2D eigenvalue weighted by Crippen LogP contribution is 2.25. The SMILES string of the molecule is O=C(Nc1ccc(Cl)cc1I)c1c(O)cccc1F. The van der Waals surface area contributed by atoms with E-state index in [1.807, 2.05) is 22.6 Å². The van der Waals surface area contributed by atoms with Gasteiger partial charge in [0.15, 0.2) is 0 Å². The third-order valence-corrected chi connectivity index (χ3v) is 3.53. The Balaban J connectivity index is 2.31. The van der Waals surface area contributed by atoms with Crippen LogP contribution in [-0.2, 0) is 0 Å². The number of nitrogens with one attached hydrogen (secondary N) is 1. The number of phenols is 1. The van der Waals surface area contributed by atoms with Gasteiger partial charge in [0, 0.05) is 8.59 Å². The van der Waals surface area contributed by atoms with E-state index in [1.165, 1.54) is 12.1 Å². The molecule has 0 atom stereocenters. The number of hydrogen-bond acceptors (Lipinski definition) is 2. The van der Waals surface area contributed by atoms with Crippen molar-refractivity contribution in [2.75, 3.05) is 5.32 Å². The van der Waals surface area contributed by atoms with Crippen LogP contribution in [0.25, 0.3) is 0 Å². The molecule has 2 aromatic carbocycles. The average molecular weight is 392 g/mol. The molecular formula is C13H8ClFINO2. The lowest BCUT2D eigenvalue weighted by molar-refractivity contribution is 0.102. The van der Waals surface area contributed by atoms with Gasteiger partial charge in [-0.25, -0.2) is 4.39 Å². The third kappa shape index (κ3) is 3.16. The van der Waals surface area contributed by atoms with E-state index in [0.717, 1.165) is 6.07 Å². The van der Waals surface area contributed by atoms with E-state index in [1.54, 1.807) is 18.2 Å². The highest BCUT2D eigenvalue weighted by Gasteiger charge is 2.17. The summed E-state index contributed by atoms with van der Waals surface area (Å²) < 4.78 is 14.2. The molecule has 19 heavy (non-hydrogen) atoms. The number of amides is 1. The molecular weight excluding hydrogens is 384 g/mol. The second-order valence-corrected chi connectivity index (χ2v) is 5.31. The number of carbonyl (C=O) groups excluding carboxylic acids is 1. The second-order valence-electron chi connectivity index (χ2n) is 3.71. The summed E-state index contributed by atoms with van der Waals surface area (Å²) in [6, 6.07) is 8.58. The Labute approximate surface area is 127 Å². The lowest BCUT2D eigenvalue weighted by Gasteiger charge is -2.09. The molecule has 0 aromatic heterocycles. The van der Waals surface area contributed by atoms with Crippen LogP contribution in [0.5, 0.6) is 5.75 Å². The smallest absolute Gasteiger partial charge is 0.262 e. The molecule has 0 saturated heterocycles. The minimum atomic E-state index is -0.776. The first-order valence-corrected chi connectivity index (χ1v) is 6.68. The van der Waals surface area contributed by atoms with Crippen LogP contribution in [0, 0.1) is 9.39 Å². The quantitative estimate of drug-likeness (QED) is 0.759. The molecule has 0 aliphatic carbocycles. The fourth-order valence-corrected chi connectivity index (χ4v) is 2.52. The number of carbonyl (C=O) groups is 1. The van der Waals surface area contributed by atoms with Crippen molar-refractivity contribution < 1.29 is 14.3 Å². The number of anilines is 1. The zero-order valence-corrected chi connectivity index (χ0v) is 12.4. The Hall–Kier alpha value is -1.34. The first-order valence-electron chi connectivity index (χ1n) is 5.23. The Morgan fingerprint density at radius 3 is 2.68 bits per heavy atom. The van der Waals surface area contributed by atoms with Gasteiger partial charge in [0.05, 0.1) is 5.69 Å². The number of hydrogen-bond donors (Lipinski definition) is 2. The Kier molecular flexibility index (Phi) is 4.26. The van der Waals surface area contributed by atoms with Gasteiger partial charge in [0.25, 0.3) is 5.91 Å². The summed E-state index contributed by atoms with van der Waals surface area (Å²) in [7, 11) is 0. The van der Waals surface area contributed by atoms with Crippen LogP contribution in [0.2, 0.25) is 5.02 Å². The average Bonchev–Trinajstić information content (AvgIpc) is 2.32. The first kappa shape index (κ1) is 14.1. The van der Waals surface area contributed by atoms with Crippen LogP contribution in [-0.4, -0.2) is 11.0 Å². The van der Waals surface area contributed by atoms with Crippen LogP contribution in [0.4, 0.5) is 10.1 Å². The van der Waals surface area contributed by atoms with E-state index < -0.39 is 17.5 Å². The maximum atomic E-state index is 13.5. The van der Waals surface area contributed by atoms with Crippen molar-refractivity contribution in [3.63, 3.8) is 0 Å². The molecule has 3 nitrogen and oxygen atoms in total. The van der Waals surface area contributed by atoms with Gasteiger partial charge in [-0.3, -0.25) is 4.79 Å². The van der Waals surface area contributed by atoms with Crippen molar-refractivity contribution in [3.05, 3.63) is 56.4 Å². The Morgan fingerprint density at radius 2 is 2.05 bits per heavy atom. The predicted octanol–water partition coefficient (Wildman–Crippen LogP) is 4.04. The molecule has 0 heterocycles. The molecule has 0 aliphatic rings. The van der Waals surface area contributed by atoms with E-state index >= 15 is 0 Å². The lowest BCUT2D eigenvalue weighted by Crippen LogP contribution is -2.14. The minimum absolute atomic E-state index is 0.381. The summed E-state index contributed by atoms with van der Waals surface area (Å²) in [6.45, 7) is 0. The molecule has 2 N–H and O–H groups in total. The van der Waals surface area contributed by atoms with Crippen molar-refractivity contribution in [2.45, 2.75) is 0 Å². The zero-order chi connectivity index (χ0) is 14.0. The van der Waals surface area contributed by atoms with Gasteiger partial charge >= 0.3 is 0 Å². The summed E-state index contributed by atoms with van der Waals surface area (Å²) >= 11 is 7.80. The van der Waals surface area contributed by atoms with Gasteiger partial charge in [-0.15, -0.1) is 0 Å². The normalized spacial score (nSPS) is 10.3. The molecule has 98 valence electrons. The number of aromatic hydroxyl groups is 1. The topological polar surface area (TPSA) is 49.3 Å². The standard InChI is InChI=1S/C13H8ClFINO2/c14-7-4-5-10(9(16)6-7)17-13(19)12-8(15)2-1-3-11(12)18/h1-6,18H,(H,17,19). The van der Waals surface area contributed by atoms with E-state index in [-0.39, 0.29) is 5.56 Å². The van der Waals surface area contributed by atoms with E-state index in [9.17, 15) is 14.3 Å². The number of benzene rings is 2.